The third-order valence-electron chi connectivity index (χ3n) is 2.82. The van der Waals surface area contributed by atoms with Gasteiger partial charge in [-0.1, -0.05) is 41.9 Å². The van der Waals surface area contributed by atoms with Gasteiger partial charge < -0.3 is 0 Å². The van der Waals surface area contributed by atoms with Crippen molar-refractivity contribution in [2.75, 3.05) is 0 Å². The van der Waals surface area contributed by atoms with Gasteiger partial charge in [-0.05, 0) is 5.56 Å². The van der Waals surface area contributed by atoms with Crippen molar-refractivity contribution in [2.24, 2.45) is 0 Å². The van der Waals surface area contributed by atoms with Crippen molar-refractivity contribution in [1.82, 2.24) is 14.6 Å². The number of hydrogen-bond acceptors (Lipinski definition) is 2. The van der Waals surface area contributed by atoms with Gasteiger partial charge in [0.05, 0.1) is 17.1 Å². The third-order valence-corrected chi connectivity index (χ3v) is 3.37. The Morgan fingerprint density at radius 3 is 2.68 bits per heavy atom. The molecule has 1 aromatic carbocycles. The molecule has 4 nitrogen and oxygen atoms in total. The van der Waals surface area contributed by atoms with Gasteiger partial charge in [-0.2, -0.15) is 4.52 Å². The van der Waals surface area contributed by atoms with Gasteiger partial charge in [0.1, 0.15) is 5.15 Å². The average Bonchev–Trinajstić information content (AvgIpc) is 2.76. The quantitative estimate of drug-likeness (QED) is 0.738. The number of H-pyrrole nitrogens is 1. The van der Waals surface area contributed by atoms with Crippen LogP contribution in [-0.2, 0) is 5.88 Å². The topological polar surface area (TPSA) is 50.2 Å². The lowest BCUT2D eigenvalue weighted by Gasteiger charge is -2.00. The molecule has 0 aliphatic rings. The molecule has 2 heterocycles. The van der Waals surface area contributed by atoms with Gasteiger partial charge >= 0.3 is 0 Å². The fraction of sp³-hybridized carbons (Fsp3) is 0.0769. The van der Waals surface area contributed by atoms with Crippen molar-refractivity contribution in [3.63, 3.8) is 0 Å². The number of rotatable bonds is 2. The van der Waals surface area contributed by atoms with Crippen molar-refractivity contribution in [1.29, 1.82) is 0 Å². The van der Waals surface area contributed by atoms with E-state index in [1.54, 1.807) is 0 Å². The molecule has 0 radical (unpaired) electrons. The molecule has 0 saturated carbocycles. The van der Waals surface area contributed by atoms with Crippen molar-refractivity contribution in [3.05, 3.63) is 57.6 Å². The van der Waals surface area contributed by atoms with Crippen LogP contribution in [0.1, 0.15) is 5.69 Å². The van der Waals surface area contributed by atoms with Crippen molar-refractivity contribution in [3.8, 4) is 11.1 Å². The van der Waals surface area contributed by atoms with Crippen LogP contribution in [0.3, 0.4) is 0 Å². The summed E-state index contributed by atoms with van der Waals surface area (Å²) in [6, 6.07) is 10.9. The zero-order chi connectivity index (χ0) is 13.4. The molecule has 0 aliphatic carbocycles. The largest absolute Gasteiger partial charge is 0.278 e. The van der Waals surface area contributed by atoms with E-state index in [-0.39, 0.29) is 11.4 Å². The zero-order valence-electron chi connectivity index (χ0n) is 9.73. The van der Waals surface area contributed by atoms with Gasteiger partial charge in [-0.25, -0.2) is 4.98 Å². The number of aromatic amines is 1. The van der Waals surface area contributed by atoms with Crippen LogP contribution in [0.15, 0.2) is 41.2 Å². The fourth-order valence-electron chi connectivity index (χ4n) is 1.99. The highest BCUT2D eigenvalue weighted by molar-refractivity contribution is 6.33. The number of aromatic nitrogens is 3. The summed E-state index contributed by atoms with van der Waals surface area (Å²) in [4.78, 5) is 16.3. The number of alkyl halides is 1. The minimum absolute atomic E-state index is 0.183. The Morgan fingerprint density at radius 1 is 1.26 bits per heavy atom. The van der Waals surface area contributed by atoms with Crippen molar-refractivity contribution >= 4 is 28.8 Å². The van der Waals surface area contributed by atoms with E-state index in [0.717, 1.165) is 5.56 Å². The molecule has 0 aliphatic heterocycles. The van der Waals surface area contributed by atoms with Gasteiger partial charge in [0.25, 0.3) is 5.56 Å². The van der Waals surface area contributed by atoms with Crippen LogP contribution in [0.25, 0.3) is 16.8 Å². The molecule has 96 valence electrons. The highest BCUT2D eigenvalue weighted by Crippen LogP contribution is 2.29. The molecule has 6 heteroatoms. The Bertz CT molecular complexity index is 793. The van der Waals surface area contributed by atoms with Gasteiger partial charge in [0, 0.05) is 6.07 Å². The maximum absolute atomic E-state index is 11.9. The lowest BCUT2D eigenvalue weighted by atomic mass is 10.1. The molecule has 1 N–H and O–H groups in total. The molecule has 0 atom stereocenters. The summed E-state index contributed by atoms with van der Waals surface area (Å²) in [6.45, 7) is 0. The Kier molecular flexibility index (Phi) is 3.05. The Morgan fingerprint density at radius 2 is 2.00 bits per heavy atom. The second-order valence-electron chi connectivity index (χ2n) is 4.05. The highest BCUT2D eigenvalue weighted by Gasteiger charge is 2.15. The average molecular weight is 294 g/mol. The molecule has 0 saturated heterocycles. The van der Waals surface area contributed by atoms with E-state index < -0.39 is 0 Å². The first-order valence-electron chi connectivity index (χ1n) is 5.62. The summed E-state index contributed by atoms with van der Waals surface area (Å²) in [7, 11) is 0. The van der Waals surface area contributed by atoms with E-state index in [1.807, 2.05) is 30.3 Å². The van der Waals surface area contributed by atoms with Crippen molar-refractivity contribution < 1.29 is 0 Å². The summed E-state index contributed by atoms with van der Waals surface area (Å²) in [5.41, 5.74) is 2.37. The maximum atomic E-state index is 11.9. The van der Waals surface area contributed by atoms with Gasteiger partial charge in [0.15, 0.2) is 5.65 Å². The second kappa shape index (κ2) is 4.72. The van der Waals surface area contributed by atoms with E-state index in [2.05, 4.69) is 10.1 Å². The van der Waals surface area contributed by atoms with Crippen LogP contribution < -0.4 is 5.56 Å². The Balaban J connectivity index is 2.39. The second-order valence-corrected chi connectivity index (χ2v) is 4.69. The summed E-state index contributed by atoms with van der Waals surface area (Å²) in [5.74, 6) is 0.183. The first-order chi connectivity index (χ1) is 9.20. The number of halogens is 2. The van der Waals surface area contributed by atoms with Crippen LogP contribution in [0.5, 0.6) is 0 Å². The van der Waals surface area contributed by atoms with E-state index in [1.165, 1.54) is 10.6 Å². The molecule has 0 fully saturated rings. The highest BCUT2D eigenvalue weighted by atomic mass is 35.5. The molecule has 0 amide bonds. The molecular weight excluding hydrogens is 285 g/mol. The van der Waals surface area contributed by atoms with Crippen LogP contribution >= 0.6 is 23.2 Å². The summed E-state index contributed by atoms with van der Waals surface area (Å²) in [5, 5.41) is 3.19. The number of nitrogens with zero attached hydrogens (tertiary/aromatic N) is 2. The van der Waals surface area contributed by atoms with Crippen molar-refractivity contribution in [2.45, 2.75) is 5.88 Å². The fourth-order valence-corrected chi connectivity index (χ4v) is 2.40. The van der Waals surface area contributed by atoms with Crippen LogP contribution in [0.2, 0.25) is 5.15 Å². The predicted molar refractivity (Wildman–Crippen MR) is 75.8 cm³/mol. The molecule has 2 aromatic heterocycles. The minimum atomic E-state index is -0.232. The van der Waals surface area contributed by atoms with E-state index >= 15 is 0 Å². The summed E-state index contributed by atoms with van der Waals surface area (Å²) >= 11 is 11.9. The summed E-state index contributed by atoms with van der Waals surface area (Å²) in [6.07, 6.45) is 0. The summed E-state index contributed by atoms with van der Waals surface area (Å²) < 4.78 is 1.32. The van der Waals surface area contributed by atoms with Crippen LogP contribution in [0.4, 0.5) is 0 Å². The van der Waals surface area contributed by atoms with Gasteiger partial charge in [-0.15, -0.1) is 11.6 Å². The molecule has 3 aromatic rings. The molecule has 0 bridgehead atoms. The van der Waals surface area contributed by atoms with E-state index in [0.29, 0.717) is 22.1 Å². The van der Waals surface area contributed by atoms with Crippen LogP contribution in [-0.4, -0.2) is 14.6 Å². The molecular formula is C13H9Cl2N3O. The molecule has 0 spiro atoms. The maximum Gasteiger partial charge on any atom is 0.272 e. The van der Waals surface area contributed by atoms with Gasteiger partial charge in [-0.3, -0.25) is 9.89 Å². The Hall–Kier alpha value is -1.78. The first-order valence-corrected chi connectivity index (χ1v) is 6.53. The SMILES string of the molecule is O=c1cc(CCl)nc2c(-c3ccccc3)c(Cl)[nH]n12. The monoisotopic (exact) mass is 293 g/mol. The van der Waals surface area contributed by atoms with Crippen LogP contribution in [0, 0.1) is 0 Å². The lowest BCUT2D eigenvalue weighted by Crippen LogP contribution is -2.15. The molecule has 19 heavy (non-hydrogen) atoms. The lowest BCUT2D eigenvalue weighted by molar-refractivity contribution is 0.888. The number of hydrogen-bond donors (Lipinski definition) is 1. The predicted octanol–water partition coefficient (Wildman–Crippen LogP) is 3.08. The smallest absolute Gasteiger partial charge is 0.272 e. The minimum Gasteiger partial charge on any atom is -0.278 e. The Labute approximate surface area is 118 Å². The van der Waals surface area contributed by atoms with Gasteiger partial charge in [0.2, 0.25) is 0 Å². The molecule has 0 unspecified atom stereocenters. The normalized spacial score (nSPS) is 11.1. The van der Waals surface area contributed by atoms with E-state index in [4.69, 9.17) is 23.2 Å². The molecule has 3 rings (SSSR count). The zero-order valence-corrected chi connectivity index (χ0v) is 11.2. The first kappa shape index (κ1) is 12.3. The standard InChI is InChI=1S/C13H9Cl2N3O/c14-7-9-6-10(19)18-13(16-9)11(12(15)17-18)8-4-2-1-3-5-8/h1-6,17H,7H2. The van der Waals surface area contributed by atoms with E-state index in [9.17, 15) is 4.79 Å². The number of nitrogens with one attached hydrogen (secondary N) is 1. The number of fused-ring (bicyclic) bond motifs is 1. The third kappa shape index (κ3) is 2.03. The number of benzene rings is 1.